The molecule has 1 aliphatic carbocycles. The van der Waals surface area contributed by atoms with Crippen LogP contribution in [0.2, 0.25) is 0 Å². The van der Waals surface area contributed by atoms with Crippen LogP contribution >= 0.6 is 0 Å². The standard InChI is InChI=1S/C15H19NO3/c17-10-11-5-7-13(8-6-11)15(19)16-9-14(18)12-3-1-2-4-12/h5-8,10,12,14,18H,1-4,9H2,(H,16,19). The van der Waals surface area contributed by atoms with Gasteiger partial charge in [-0.05, 0) is 30.9 Å². The van der Waals surface area contributed by atoms with E-state index >= 15 is 0 Å². The quantitative estimate of drug-likeness (QED) is 0.794. The maximum atomic E-state index is 11.9. The van der Waals surface area contributed by atoms with Crippen LogP contribution in [0.3, 0.4) is 0 Å². The molecule has 0 radical (unpaired) electrons. The van der Waals surface area contributed by atoms with Crippen LogP contribution in [0.4, 0.5) is 0 Å². The summed E-state index contributed by atoms with van der Waals surface area (Å²) in [6.07, 6.45) is 4.72. The van der Waals surface area contributed by atoms with Crippen LogP contribution in [0.5, 0.6) is 0 Å². The molecule has 1 aromatic carbocycles. The molecule has 0 aromatic heterocycles. The van der Waals surface area contributed by atoms with Gasteiger partial charge in [-0.15, -0.1) is 0 Å². The maximum Gasteiger partial charge on any atom is 0.251 e. The molecule has 0 heterocycles. The van der Waals surface area contributed by atoms with E-state index in [1.165, 1.54) is 12.8 Å². The molecule has 1 aliphatic rings. The molecule has 2 N–H and O–H groups in total. The zero-order chi connectivity index (χ0) is 13.7. The summed E-state index contributed by atoms with van der Waals surface area (Å²) in [6, 6.07) is 6.44. The maximum absolute atomic E-state index is 11.9. The smallest absolute Gasteiger partial charge is 0.251 e. The lowest BCUT2D eigenvalue weighted by Gasteiger charge is -2.18. The second-order valence-electron chi connectivity index (χ2n) is 5.06. The van der Waals surface area contributed by atoms with Crippen LogP contribution in [0.1, 0.15) is 46.4 Å². The van der Waals surface area contributed by atoms with Gasteiger partial charge in [0.05, 0.1) is 6.10 Å². The third-order valence-electron chi connectivity index (χ3n) is 3.72. The van der Waals surface area contributed by atoms with Gasteiger partial charge in [-0.25, -0.2) is 0 Å². The van der Waals surface area contributed by atoms with Crippen molar-refractivity contribution in [2.75, 3.05) is 6.54 Å². The van der Waals surface area contributed by atoms with Crippen LogP contribution in [0.25, 0.3) is 0 Å². The molecular weight excluding hydrogens is 242 g/mol. The highest BCUT2D eigenvalue weighted by molar-refractivity contribution is 5.94. The number of carbonyl (C=O) groups excluding carboxylic acids is 2. The van der Waals surface area contributed by atoms with Crippen molar-refractivity contribution in [1.82, 2.24) is 5.32 Å². The van der Waals surface area contributed by atoms with Gasteiger partial charge in [0.25, 0.3) is 5.91 Å². The average Bonchev–Trinajstić information content (AvgIpc) is 2.98. The van der Waals surface area contributed by atoms with Gasteiger partial charge in [0.15, 0.2) is 0 Å². The summed E-state index contributed by atoms with van der Waals surface area (Å²) >= 11 is 0. The van der Waals surface area contributed by atoms with Crippen LogP contribution < -0.4 is 5.32 Å². The SMILES string of the molecule is O=Cc1ccc(C(=O)NCC(O)C2CCCC2)cc1. The summed E-state index contributed by atoms with van der Waals surface area (Å²) in [4.78, 5) is 22.4. The Hall–Kier alpha value is -1.68. The summed E-state index contributed by atoms with van der Waals surface area (Å²) in [5, 5.41) is 12.7. The minimum absolute atomic E-state index is 0.213. The molecule has 1 saturated carbocycles. The summed E-state index contributed by atoms with van der Waals surface area (Å²) in [6.45, 7) is 0.291. The normalized spacial score (nSPS) is 17.1. The van der Waals surface area contributed by atoms with E-state index in [0.717, 1.165) is 19.1 Å². The molecule has 0 bridgehead atoms. The molecular formula is C15H19NO3. The van der Waals surface area contributed by atoms with Crippen LogP contribution in [-0.4, -0.2) is 29.9 Å². The Morgan fingerprint density at radius 2 is 1.95 bits per heavy atom. The van der Waals surface area contributed by atoms with E-state index < -0.39 is 6.10 Å². The molecule has 4 nitrogen and oxygen atoms in total. The van der Waals surface area contributed by atoms with Gasteiger partial charge in [0, 0.05) is 17.7 Å². The first-order valence-corrected chi connectivity index (χ1v) is 6.72. The number of hydrogen-bond acceptors (Lipinski definition) is 3. The Bertz CT molecular complexity index is 435. The van der Waals surface area contributed by atoms with Gasteiger partial charge in [-0.1, -0.05) is 25.0 Å². The fourth-order valence-electron chi connectivity index (χ4n) is 2.52. The Labute approximate surface area is 112 Å². The van der Waals surface area contributed by atoms with Crippen molar-refractivity contribution < 1.29 is 14.7 Å². The number of aldehydes is 1. The van der Waals surface area contributed by atoms with E-state index in [1.54, 1.807) is 24.3 Å². The largest absolute Gasteiger partial charge is 0.391 e. The molecule has 19 heavy (non-hydrogen) atoms. The highest BCUT2D eigenvalue weighted by atomic mass is 16.3. The molecule has 0 aliphatic heterocycles. The molecule has 102 valence electrons. The lowest BCUT2D eigenvalue weighted by atomic mass is 10.0. The average molecular weight is 261 g/mol. The monoisotopic (exact) mass is 261 g/mol. The van der Waals surface area contributed by atoms with E-state index in [0.29, 0.717) is 23.6 Å². The number of aliphatic hydroxyl groups is 1. The molecule has 4 heteroatoms. The Morgan fingerprint density at radius 1 is 1.32 bits per heavy atom. The summed E-state index contributed by atoms with van der Waals surface area (Å²) in [7, 11) is 0. The van der Waals surface area contributed by atoms with Gasteiger partial charge in [-0.3, -0.25) is 9.59 Å². The fourth-order valence-corrected chi connectivity index (χ4v) is 2.52. The molecule has 2 rings (SSSR count). The Kier molecular flexibility index (Phi) is 4.68. The molecule has 1 aromatic rings. The van der Waals surface area contributed by atoms with Gasteiger partial charge < -0.3 is 10.4 Å². The predicted octanol–water partition coefficient (Wildman–Crippen LogP) is 1.78. The van der Waals surface area contributed by atoms with E-state index in [9.17, 15) is 14.7 Å². The first kappa shape index (κ1) is 13.7. The first-order valence-electron chi connectivity index (χ1n) is 6.72. The second kappa shape index (κ2) is 6.48. The van der Waals surface area contributed by atoms with Crippen molar-refractivity contribution in [3.63, 3.8) is 0 Å². The Morgan fingerprint density at radius 3 is 2.53 bits per heavy atom. The summed E-state index contributed by atoms with van der Waals surface area (Å²) in [5.74, 6) is 0.104. The summed E-state index contributed by atoms with van der Waals surface area (Å²) < 4.78 is 0. The lowest BCUT2D eigenvalue weighted by molar-refractivity contribution is 0.0840. The van der Waals surface area contributed by atoms with Crippen LogP contribution in [-0.2, 0) is 0 Å². The number of nitrogens with one attached hydrogen (secondary N) is 1. The number of rotatable bonds is 5. The molecule has 1 unspecified atom stereocenters. The second-order valence-corrected chi connectivity index (χ2v) is 5.06. The van der Waals surface area contributed by atoms with Crippen molar-refractivity contribution in [2.24, 2.45) is 5.92 Å². The highest BCUT2D eigenvalue weighted by Gasteiger charge is 2.23. The third kappa shape index (κ3) is 3.64. The minimum Gasteiger partial charge on any atom is -0.391 e. The lowest BCUT2D eigenvalue weighted by Crippen LogP contribution is -2.35. The van der Waals surface area contributed by atoms with Crippen LogP contribution in [0, 0.1) is 5.92 Å². The van der Waals surface area contributed by atoms with Crippen molar-refractivity contribution in [1.29, 1.82) is 0 Å². The van der Waals surface area contributed by atoms with Crippen LogP contribution in [0.15, 0.2) is 24.3 Å². The number of hydrogen-bond donors (Lipinski definition) is 2. The zero-order valence-electron chi connectivity index (χ0n) is 10.8. The van der Waals surface area contributed by atoms with E-state index in [-0.39, 0.29) is 5.91 Å². The van der Waals surface area contributed by atoms with Gasteiger partial charge in [-0.2, -0.15) is 0 Å². The van der Waals surface area contributed by atoms with Gasteiger partial charge in [0.1, 0.15) is 6.29 Å². The topological polar surface area (TPSA) is 66.4 Å². The van der Waals surface area contributed by atoms with Crippen molar-refractivity contribution >= 4 is 12.2 Å². The van der Waals surface area contributed by atoms with Crippen molar-refractivity contribution in [3.8, 4) is 0 Å². The number of amides is 1. The molecule has 1 atom stereocenters. The van der Waals surface area contributed by atoms with Gasteiger partial charge >= 0.3 is 0 Å². The highest BCUT2D eigenvalue weighted by Crippen LogP contribution is 2.27. The number of aliphatic hydroxyl groups excluding tert-OH is 1. The molecule has 1 fully saturated rings. The molecule has 0 spiro atoms. The van der Waals surface area contributed by atoms with Gasteiger partial charge in [0.2, 0.25) is 0 Å². The van der Waals surface area contributed by atoms with E-state index in [4.69, 9.17) is 0 Å². The number of benzene rings is 1. The predicted molar refractivity (Wildman–Crippen MR) is 72.1 cm³/mol. The van der Waals surface area contributed by atoms with E-state index in [2.05, 4.69) is 5.32 Å². The summed E-state index contributed by atoms with van der Waals surface area (Å²) in [5.41, 5.74) is 1.05. The third-order valence-corrected chi connectivity index (χ3v) is 3.72. The molecule has 0 saturated heterocycles. The first-order chi connectivity index (χ1) is 9.20. The number of carbonyl (C=O) groups is 2. The Balaban J connectivity index is 1.84. The van der Waals surface area contributed by atoms with E-state index in [1.807, 2.05) is 0 Å². The van der Waals surface area contributed by atoms with Crippen molar-refractivity contribution in [3.05, 3.63) is 35.4 Å². The minimum atomic E-state index is -0.458. The fraction of sp³-hybridized carbons (Fsp3) is 0.467. The molecule has 1 amide bonds. The zero-order valence-corrected chi connectivity index (χ0v) is 10.8. The van der Waals surface area contributed by atoms with Crippen molar-refractivity contribution in [2.45, 2.75) is 31.8 Å².